The van der Waals surface area contributed by atoms with Gasteiger partial charge >= 0.3 is 0 Å². The maximum absolute atomic E-state index is 14.2. The van der Waals surface area contributed by atoms with Crippen molar-refractivity contribution in [2.45, 2.75) is 39.0 Å². The average molecular weight is 285 g/mol. The third kappa shape index (κ3) is 2.40. The molecule has 108 valence electrons. The lowest BCUT2D eigenvalue weighted by molar-refractivity contribution is 0.423. The van der Waals surface area contributed by atoms with Crippen LogP contribution in [0, 0.1) is 28.9 Å². The topological polar surface area (TPSA) is 23.8 Å². The Balaban J connectivity index is 2.12. The van der Waals surface area contributed by atoms with E-state index in [0.29, 0.717) is 16.7 Å². The molecule has 0 radical (unpaired) electrons. The standard InChI is InChI=1S/C18H17F2N/c1-2-3-11-4-5-12-8-15-14(7-13(12)6-11)9-17(19)16(10-21)18(15)20/h7-9,11H,2-6H2,1H3. The highest BCUT2D eigenvalue weighted by Crippen LogP contribution is 2.33. The molecule has 0 aromatic heterocycles. The van der Waals surface area contributed by atoms with E-state index in [9.17, 15) is 8.78 Å². The minimum absolute atomic E-state index is 0.362. The number of rotatable bonds is 2. The van der Waals surface area contributed by atoms with Gasteiger partial charge in [0.2, 0.25) is 0 Å². The van der Waals surface area contributed by atoms with Gasteiger partial charge in [-0.25, -0.2) is 8.78 Å². The summed E-state index contributed by atoms with van der Waals surface area (Å²) in [5.74, 6) is -0.831. The highest BCUT2D eigenvalue weighted by atomic mass is 19.1. The van der Waals surface area contributed by atoms with Crippen LogP contribution in [0.4, 0.5) is 8.78 Å². The molecule has 1 nitrogen and oxygen atoms in total. The molecule has 3 rings (SSSR count). The molecule has 1 atom stereocenters. The molecule has 1 aliphatic carbocycles. The fourth-order valence-corrected chi connectivity index (χ4v) is 3.42. The Hall–Kier alpha value is -1.95. The summed E-state index contributed by atoms with van der Waals surface area (Å²) in [6.07, 6.45) is 5.42. The molecule has 1 unspecified atom stereocenters. The van der Waals surface area contributed by atoms with Gasteiger partial charge in [0.25, 0.3) is 0 Å². The molecule has 3 heteroatoms. The second kappa shape index (κ2) is 5.44. The molecular weight excluding hydrogens is 268 g/mol. The zero-order chi connectivity index (χ0) is 15.0. The molecule has 0 N–H and O–H groups in total. The van der Waals surface area contributed by atoms with Crippen molar-refractivity contribution in [1.29, 1.82) is 5.26 Å². The van der Waals surface area contributed by atoms with E-state index in [1.54, 1.807) is 6.07 Å². The summed E-state index contributed by atoms with van der Waals surface area (Å²) < 4.78 is 28.0. The molecular formula is C18H17F2N. The van der Waals surface area contributed by atoms with Crippen molar-refractivity contribution in [3.63, 3.8) is 0 Å². The van der Waals surface area contributed by atoms with Crippen molar-refractivity contribution in [3.05, 3.63) is 46.5 Å². The zero-order valence-electron chi connectivity index (χ0n) is 12.0. The van der Waals surface area contributed by atoms with Gasteiger partial charge in [-0.15, -0.1) is 0 Å². The molecule has 0 bridgehead atoms. The second-order valence-electron chi connectivity index (χ2n) is 5.90. The Morgan fingerprint density at radius 2 is 2.05 bits per heavy atom. The zero-order valence-corrected chi connectivity index (χ0v) is 12.0. The molecule has 0 spiro atoms. The third-order valence-corrected chi connectivity index (χ3v) is 4.49. The van der Waals surface area contributed by atoms with E-state index in [1.165, 1.54) is 24.5 Å². The lowest BCUT2D eigenvalue weighted by Gasteiger charge is -2.25. The van der Waals surface area contributed by atoms with E-state index in [-0.39, 0.29) is 0 Å². The highest BCUT2D eigenvalue weighted by Gasteiger charge is 2.21. The molecule has 0 aliphatic heterocycles. The van der Waals surface area contributed by atoms with E-state index in [0.717, 1.165) is 24.8 Å². The number of fused-ring (bicyclic) bond motifs is 2. The Bertz CT molecular complexity index is 743. The van der Waals surface area contributed by atoms with Gasteiger partial charge in [-0.1, -0.05) is 25.8 Å². The first-order valence-electron chi connectivity index (χ1n) is 7.47. The van der Waals surface area contributed by atoms with Gasteiger partial charge in [0.05, 0.1) is 0 Å². The minimum Gasteiger partial charge on any atom is -0.205 e. The highest BCUT2D eigenvalue weighted by molar-refractivity contribution is 5.86. The van der Waals surface area contributed by atoms with Crippen LogP contribution in [-0.2, 0) is 12.8 Å². The molecule has 2 aromatic carbocycles. The van der Waals surface area contributed by atoms with Crippen LogP contribution in [0.15, 0.2) is 18.2 Å². The molecule has 21 heavy (non-hydrogen) atoms. The number of halogens is 2. The number of nitriles is 1. The Morgan fingerprint density at radius 3 is 2.76 bits per heavy atom. The van der Waals surface area contributed by atoms with Crippen molar-refractivity contribution in [1.82, 2.24) is 0 Å². The smallest absolute Gasteiger partial charge is 0.151 e. The molecule has 1 aliphatic rings. The lowest BCUT2D eigenvalue weighted by atomic mass is 9.80. The normalized spacial score (nSPS) is 17.5. The first-order chi connectivity index (χ1) is 10.1. The molecule has 0 amide bonds. The van der Waals surface area contributed by atoms with E-state index < -0.39 is 17.2 Å². The Morgan fingerprint density at radius 1 is 1.24 bits per heavy atom. The number of hydrogen-bond acceptors (Lipinski definition) is 1. The Labute approximate surface area is 123 Å². The summed E-state index contributed by atoms with van der Waals surface area (Å²) in [4.78, 5) is 0. The fraction of sp³-hybridized carbons (Fsp3) is 0.389. The average Bonchev–Trinajstić information content (AvgIpc) is 2.46. The van der Waals surface area contributed by atoms with Gasteiger partial charge in [-0.05, 0) is 53.8 Å². The van der Waals surface area contributed by atoms with Crippen molar-refractivity contribution >= 4 is 10.8 Å². The van der Waals surface area contributed by atoms with E-state index in [4.69, 9.17) is 5.26 Å². The van der Waals surface area contributed by atoms with Crippen LogP contribution in [0.5, 0.6) is 0 Å². The SMILES string of the molecule is CCCC1CCc2cc3c(F)c(C#N)c(F)cc3cc2C1. The molecule has 2 aromatic rings. The van der Waals surface area contributed by atoms with Crippen molar-refractivity contribution in [2.75, 3.05) is 0 Å². The monoisotopic (exact) mass is 285 g/mol. The number of nitrogens with zero attached hydrogens (tertiary/aromatic N) is 1. The summed E-state index contributed by atoms with van der Waals surface area (Å²) in [5.41, 5.74) is 1.86. The van der Waals surface area contributed by atoms with Gasteiger partial charge in [-0.3, -0.25) is 0 Å². The van der Waals surface area contributed by atoms with Crippen LogP contribution < -0.4 is 0 Å². The van der Waals surface area contributed by atoms with Gasteiger partial charge in [0, 0.05) is 5.39 Å². The quantitative estimate of drug-likeness (QED) is 0.770. The first kappa shape index (κ1) is 14.0. The fourth-order valence-electron chi connectivity index (χ4n) is 3.42. The lowest BCUT2D eigenvalue weighted by Crippen LogP contribution is -2.14. The largest absolute Gasteiger partial charge is 0.205 e. The van der Waals surface area contributed by atoms with Crippen molar-refractivity contribution in [2.24, 2.45) is 5.92 Å². The number of benzene rings is 2. The molecule has 0 saturated carbocycles. The summed E-state index contributed by atoms with van der Waals surface area (Å²) >= 11 is 0. The van der Waals surface area contributed by atoms with E-state index in [2.05, 4.69) is 6.92 Å². The van der Waals surface area contributed by atoms with Gasteiger partial charge in [-0.2, -0.15) is 5.26 Å². The molecule has 0 fully saturated rings. The Kier molecular flexibility index (Phi) is 3.63. The van der Waals surface area contributed by atoms with Crippen LogP contribution in [0.2, 0.25) is 0 Å². The van der Waals surface area contributed by atoms with E-state index >= 15 is 0 Å². The first-order valence-corrected chi connectivity index (χ1v) is 7.47. The predicted molar refractivity (Wildman–Crippen MR) is 79.0 cm³/mol. The van der Waals surface area contributed by atoms with Crippen LogP contribution >= 0.6 is 0 Å². The van der Waals surface area contributed by atoms with Crippen molar-refractivity contribution in [3.8, 4) is 6.07 Å². The predicted octanol–water partition coefficient (Wildman–Crippen LogP) is 4.89. The van der Waals surface area contributed by atoms with Crippen LogP contribution in [-0.4, -0.2) is 0 Å². The molecule has 0 saturated heterocycles. The van der Waals surface area contributed by atoms with Gasteiger partial charge < -0.3 is 0 Å². The summed E-state index contributed by atoms with van der Waals surface area (Å²) in [5, 5.41) is 9.78. The molecule has 0 heterocycles. The maximum Gasteiger partial charge on any atom is 0.151 e. The minimum atomic E-state index is -0.775. The summed E-state index contributed by atoms with van der Waals surface area (Å²) in [6.45, 7) is 2.18. The van der Waals surface area contributed by atoms with Crippen LogP contribution in [0.3, 0.4) is 0 Å². The number of aryl methyl sites for hydroxylation is 1. The summed E-state index contributed by atoms with van der Waals surface area (Å²) in [7, 11) is 0. The van der Waals surface area contributed by atoms with E-state index in [1.807, 2.05) is 12.1 Å². The summed E-state index contributed by atoms with van der Waals surface area (Å²) in [6, 6.07) is 6.60. The van der Waals surface area contributed by atoms with Gasteiger partial charge in [0.15, 0.2) is 5.82 Å². The van der Waals surface area contributed by atoms with Crippen LogP contribution in [0.1, 0.15) is 42.9 Å². The maximum atomic E-state index is 14.2. The second-order valence-corrected chi connectivity index (χ2v) is 5.90. The third-order valence-electron chi connectivity index (χ3n) is 4.49. The number of hydrogen-bond donors (Lipinski definition) is 0. The van der Waals surface area contributed by atoms with Crippen LogP contribution in [0.25, 0.3) is 10.8 Å². The van der Waals surface area contributed by atoms with Gasteiger partial charge in [0.1, 0.15) is 17.4 Å². The van der Waals surface area contributed by atoms with Crippen molar-refractivity contribution < 1.29 is 8.78 Å².